The van der Waals surface area contributed by atoms with Crippen molar-refractivity contribution < 1.29 is 9.90 Å². The molecule has 0 aromatic rings. The van der Waals surface area contributed by atoms with E-state index in [9.17, 15) is 4.79 Å². The van der Waals surface area contributed by atoms with Gasteiger partial charge in [-0.2, -0.15) is 0 Å². The fourth-order valence-electron chi connectivity index (χ4n) is 1.01. The second kappa shape index (κ2) is 2.46. The van der Waals surface area contributed by atoms with Crippen molar-refractivity contribution in [3.05, 3.63) is 0 Å². The van der Waals surface area contributed by atoms with Gasteiger partial charge in [-0.1, -0.05) is 0 Å². The van der Waals surface area contributed by atoms with Crippen LogP contribution in [0.15, 0.2) is 0 Å². The molecule has 1 aliphatic rings. The maximum Gasteiger partial charge on any atom is 0.321 e. The molecule has 1 atom stereocenters. The molecule has 1 unspecified atom stereocenters. The Hall–Kier alpha value is -0.770. The first kappa shape index (κ1) is 7.34. The van der Waals surface area contributed by atoms with Gasteiger partial charge in [0.1, 0.15) is 6.23 Å². The molecule has 10 heavy (non-hydrogen) atoms. The molecule has 4 heteroatoms. The van der Waals surface area contributed by atoms with Crippen LogP contribution in [0, 0.1) is 0 Å². The molecule has 1 N–H and O–H groups in total. The van der Waals surface area contributed by atoms with E-state index in [-0.39, 0.29) is 6.03 Å². The SMILES string of the molecule is CC(O)N1CCN(C)C1=O. The van der Waals surface area contributed by atoms with E-state index in [2.05, 4.69) is 0 Å². The summed E-state index contributed by atoms with van der Waals surface area (Å²) in [5.41, 5.74) is 0. The number of rotatable bonds is 1. The normalized spacial score (nSPS) is 22.1. The Bertz CT molecular complexity index is 147. The van der Waals surface area contributed by atoms with Crippen LogP contribution in [-0.2, 0) is 0 Å². The minimum atomic E-state index is -0.655. The fraction of sp³-hybridized carbons (Fsp3) is 0.833. The standard InChI is InChI=1S/C6H12N2O2/c1-5(9)8-4-3-7(2)6(8)10/h5,9H,3-4H2,1-2H3. The Labute approximate surface area is 60.0 Å². The van der Waals surface area contributed by atoms with Gasteiger partial charge < -0.3 is 10.0 Å². The molecule has 1 rings (SSSR count). The van der Waals surface area contributed by atoms with Crippen LogP contribution < -0.4 is 0 Å². The lowest BCUT2D eigenvalue weighted by molar-refractivity contribution is 0.0576. The molecule has 0 aliphatic carbocycles. The van der Waals surface area contributed by atoms with Crippen molar-refractivity contribution in [2.24, 2.45) is 0 Å². The van der Waals surface area contributed by atoms with Gasteiger partial charge in [0.15, 0.2) is 0 Å². The fourth-order valence-corrected chi connectivity index (χ4v) is 1.01. The van der Waals surface area contributed by atoms with Gasteiger partial charge in [-0.05, 0) is 6.92 Å². The lowest BCUT2D eigenvalue weighted by Crippen LogP contribution is -2.36. The highest BCUT2D eigenvalue weighted by molar-refractivity contribution is 5.76. The predicted molar refractivity (Wildman–Crippen MR) is 36.4 cm³/mol. The van der Waals surface area contributed by atoms with E-state index in [1.807, 2.05) is 0 Å². The molecule has 58 valence electrons. The summed E-state index contributed by atoms with van der Waals surface area (Å²) in [6.07, 6.45) is -0.655. The zero-order valence-electron chi connectivity index (χ0n) is 6.24. The van der Waals surface area contributed by atoms with E-state index in [0.29, 0.717) is 13.1 Å². The highest BCUT2D eigenvalue weighted by atomic mass is 16.3. The monoisotopic (exact) mass is 144 g/mol. The molecule has 0 aromatic carbocycles. The molecule has 0 radical (unpaired) electrons. The molecular formula is C6H12N2O2. The lowest BCUT2D eigenvalue weighted by Gasteiger charge is -2.18. The average molecular weight is 144 g/mol. The van der Waals surface area contributed by atoms with Crippen LogP contribution in [0.1, 0.15) is 6.92 Å². The number of aliphatic hydroxyl groups excluding tert-OH is 1. The van der Waals surface area contributed by atoms with Crippen molar-refractivity contribution in [2.45, 2.75) is 13.2 Å². The summed E-state index contributed by atoms with van der Waals surface area (Å²) >= 11 is 0. The summed E-state index contributed by atoms with van der Waals surface area (Å²) in [7, 11) is 1.73. The smallest absolute Gasteiger partial charge is 0.321 e. The number of carbonyl (C=O) groups excluding carboxylic acids is 1. The van der Waals surface area contributed by atoms with Crippen molar-refractivity contribution in [3.8, 4) is 0 Å². The molecule has 4 nitrogen and oxygen atoms in total. The average Bonchev–Trinajstić information content (AvgIpc) is 2.14. The number of hydrogen-bond acceptors (Lipinski definition) is 2. The maximum absolute atomic E-state index is 11.0. The maximum atomic E-state index is 11.0. The summed E-state index contributed by atoms with van der Waals surface area (Å²) in [6.45, 7) is 2.94. The quantitative estimate of drug-likeness (QED) is 0.548. The van der Waals surface area contributed by atoms with Crippen LogP contribution in [-0.4, -0.2) is 47.3 Å². The molecule has 1 aliphatic heterocycles. The first-order valence-electron chi connectivity index (χ1n) is 3.32. The molecule has 1 heterocycles. The predicted octanol–water partition coefficient (Wildman–Crippen LogP) is -0.308. The number of nitrogens with zero attached hydrogens (tertiary/aromatic N) is 2. The van der Waals surface area contributed by atoms with Crippen LogP contribution in [0.25, 0.3) is 0 Å². The van der Waals surface area contributed by atoms with Crippen LogP contribution in [0.3, 0.4) is 0 Å². The van der Waals surface area contributed by atoms with E-state index >= 15 is 0 Å². The van der Waals surface area contributed by atoms with Crippen LogP contribution in [0.2, 0.25) is 0 Å². The third-order valence-electron chi connectivity index (χ3n) is 1.70. The highest BCUT2D eigenvalue weighted by Gasteiger charge is 2.27. The van der Waals surface area contributed by atoms with E-state index in [1.165, 1.54) is 4.90 Å². The van der Waals surface area contributed by atoms with E-state index in [1.54, 1.807) is 18.9 Å². The molecule has 1 fully saturated rings. The largest absolute Gasteiger partial charge is 0.374 e. The number of carbonyl (C=O) groups is 1. The van der Waals surface area contributed by atoms with Crippen molar-refractivity contribution in [1.29, 1.82) is 0 Å². The van der Waals surface area contributed by atoms with Gasteiger partial charge in [0.05, 0.1) is 0 Å². The lowest BCUT2D eigenvalue weighted by atomic mass is 10.5. The molecule has 0 bridgehead atoms. The Kier molecular flexibility index (Phi) is 1.80. The molecule has 0 saturated carbocycles. The zero-order valence-corrected chi connectivity index (χ0v) is 6.24. The second-order valence-corrected chi connectivity index (χ2v) is 2.53. The van der Waals surface area contributed by atoms with Gasteiger partial charge in [0.2, 0.25) is 0 Å². The van der Waals surface area contributed by atoms with Gasteiger partial charge in [-0.15, -0.1) is 0 Å². The molecule has 2 amide bonds. The second-order valence-electron chi connectivity index (χ2n) is 2.53. The summed E-state index contributed by atoms with van der Waals surface area (Å²) in [4.78, 5) is 14.1. The van der Waals surface area contributed by atoms with E-state index < -0.39 is 6.23 Å². The third kappa shape index (κ3) is 1.07. The summed E-state index contributed by atoms with van der Waals surface area (Å²) in [6, 6.07) is -0.0880. The number of likely N-dealkylation sites (N-methyl/N-ethyl adjacent to an activating group) is 1. The topological polar surface area (TPSA) is 43.8 Å². The highest BCUT2D eigenvalue weighted by Crippen LogP contribution is 2.07. The number of hydrogen-bond donors (Lipinski definition) is 1. The van der Waals surface area contributed by atoms with E-state index in [4.69, 9.17) is 5.11 Å². The Morgan fingerprint density at radius 3 is 2.40 bits per heavy atom. The molecule has 0 aromatic heterocycles. The molecular weight excluding hydrogens is 132 g/mol. The third-order valence-corrected chi connectivity index (χ3v) is 1.70. The first-order valence-corrected chi connectivity index (χ1v) is 3.32. The van der Waals surface area contributed by atoms with Crippen LogP contribution in [0.5, 0.6) is 0 Å². The minimum Gasteiger partial charge on any atom is -0.374 e. The number of amides is 2. The van der Waals surface area contributed by atoms with Gasteiger partial charge in [-0.3, -0.25) is 4.90 Å². The summed E-state index contributed by atoms with van der Waals surface area (Å²) in [5.74, 6) is 0. The van der Waals surface area contributed by atoms with E-state index in [0.717, 1.165) is 0 Å². The van der Waals surface area contributed by atoms with Gasteiger partial charge in [0, 0.05) is 20.1 Å². The van der Waals surface area contributed by atoms with Crippen molar-refractivity contribution in [3.63, 3.8) is 0 Å². The Morgan fingerprint density at radius 2 is 2.20 bits per heavy atom. The Morgan fingerprint density at radius 1 is 1.60 bits per heavy atom. The van der Waals surface area contributed by atoms with Crippen molar-refractivity contribution >= 4 is 6.03 Å². The van der Waals surface area contributed by atoms with Crippen molar-refractivity contribution in [1.82, 2.24) is 9.80 Å². The Balaban J connectivity index is 2.57. The number of aliphatic hydroxyl groups is 1. The zero-order chi connectivity index (χ0) is 7.72. The molecule has 0 spiro atoms. The molecule has 1 saturated heterocycles. The minimum absolute atomic E-state index is 0.0880. The van der Waals surface area contributed by atoms with Crippen LogP contribution in [0.4, 0.5) is 4.79 Å². The van der Waals surface area contributed by atoms with Gasteiger partial charge in [0.25, 0.3) is 0 Å². The van der Waals surface area contributed by atoms with Crippen LogP contribution >= 0.6 is 0 Å². The van der Waals surface area contributed by atoms with Gasteiger partial charge >= 0.3 is 6.03 Å². The first-order chi connectivity index (χ1) is 4.63. The summed E-state index contributed by atoms with van der Waals surface area (Å²) in [5, 5.41) is 9.02. The van der Waals surface area contributed by atoms with Gasteiger partial charge in [-0.25, -0.2) is 4.79 Å². The van der Waals surface area contributed by atoms with Crippen molar-refractivity contribution in [2.75, 3.05) is 20.1 Å². The number of urea groups is 1. The summed E-state index contributed by atoms with van der Waals surface area (Å²) < 4.78 is 0.